The molecule has 33 heavy (non-hydrogen) atoms. The van der Waals surface area contributed by atoms with Crippen molar-refractivity contribution in [2.75, 3.05) is 49.1 Å². The number of nitriles is 1. The highest BCUT2D eigenvalue weighted by atomic mass is 15.2. The van der Waals surface area contributed by atoms with Crippen LogP contribution in [0, 0.1) is 17.2 Å². The number of piperazine rings is 1. The molecule has 2 atom stereocenters. The Morgan fingerprint density at radius 2 is 1.91 bits per heavy atom. The Hall–Kier alpha value is -3.28. The highest BCUT2D eigenvalue weighted by molar-refractivity contribution is 5.95. The third-order valence-electron chi connectivity index (χ3n) is 6.59. The average molecular weight is 443 g/mol. The van der Waals surface area contributed by atoms with Crippen LogP contribution in [0.15, 0.2) is 42.9 Å². The fourth-order valence-corrected chi connectivity index (χ4v) is 4.98. The van der Waals surface area contributed by atoms with Crippen LogP contribution < -0.4 is 20.4 Å². The standard InChI is InChI=1S/C25H30N8/c1-18-11-20(29-15-24-30-13-21(14-31-24)32-9-7-27-8-10-32)17-33(16-18)23-5-4-19(12-26)25-22(23)3-2-6-28-25/h2-6,13-14,18,20,27,29H,7-11,15-17H2,1H3. The minimum Gasteiger partial charge on any atom is -0.369 e. The molecule has 0 spiro atoms. The first-order valence-electron chi connectivity index (χ1n) is 11.7. The molecule has 2 aliphatic heterocycles. The number of benzene rings is 1. The van der Waals surface area contributed by atoms with E-state index in [4.69, 9.17) is 0 Å². The number of anilines is 2. The van der Waals surface area contributed by atoms with Crippen LogP contribution in [-0.2, 0) is 6.54 Å². The third-order valence-corrected chi connectivity index (χ3v) is 6.59. The van der Waals surface area contributed by atoms with Crippen molar-refractivity contribution in [3.05, 3.63) is 54.2 Å². The first kappa shape index (κ1) is 21.6. The Kier molecular flexibility index (Phi) is 6.33. The fraction of sp³-hybridized carbons (Fsp3) is 0.440. The lowest BCUT2D eigenvalue weighted by Gasteiger charge is -2.39. The monoisotopic (exact) mass is 442 g/mol. The average Bonchev–Trinajstić information content (AvgIpc) is 2.87. The molecule has 2 fully saturated rings. The summed E-state index contributed by atoms with van der Waals surface area (Å²) in [7, 11) is 0. The molecule has 8 nitrogen and oxygen atoms in total. The van der Waals surface area contributed by atoms with Gasteiger partial charge in [-0.1, -0.05) is 6.92 Å². The number of fused-ring (bicyclic) bond motifs is 1. The van der Waals surface area contributed by atoms with Gasteiger partial charge in [0.15, 0.2) is 0 Å². The van der Waals surface area contributed by atoms with E-state index < -0.39 is 0 Å². The van der Waals surface area contributed by atoms with Gasteiger partial charge in [-0.2, -0.15) is 5.26 Å². The van der Waals surface area contributed by atoms with Crippen molar-refractivity contribution in [2.45, 2.75) is 25.9 Å². The summed E-state index contributed by atoms with van der Waals surface area (Å²) in [5, 5.41) is 17.5. The van der Waals surface area contributed by atoms with E-state index in [0.717, 1.165) is 73.8 Å². The minimum atomic E-state index is 0.340. The van der Waals surface area contributed by atoms with E-state index in [1.54, 1.807) is 6.20 Å². The predicted octanol–water partition coefficient (Wildman–Crippen LogP) is 2.31. The topological polar surface area (TPSA) is 93.0 Å². The molecule has 1 aromatic carbocycles. The van der Waals surface area contributed by atoms with Crippen molar-refractivity contribution < 1.29 is 0 Å². The van der Waals surface area contributed by atoms with E-state index in [1.165, 1.54) is 0 Å². The molecule has 0 aliphatic carbocycles. The molecule has 2 aromatic heterocycles. The second-order valence-corrected chi connectivity index (χ2v) is 9.06. The molecule has 0 radical (unpaired) electrons. The molecule has 2 aliphatic rings. The zero-order valence-corrected chi connectivity index (χ0v) is 19.0. The summed E-state index contributed by atoms with van der Waals surface area (Å²) in [6, 6.07) is 10.6. The van der Waals surface area contributed by atoms with Crippen LogP contribution in [0.1, 0.15) is 24.7 Å². The van der Waals surface area contributed by atoms with Crippen molar-refractivity contribution in [2.24, 2.45) is 5.92 Å². The largest absolute Gasteiger partial charge is 0.369 e. The quantitative estimate of drug-likeness (QED) is 0.622. The highest BCUT2D eigenvalue weighted by Gasteiger charge is 2.26. The Balaban J connectivity index is 1.26. The summed E-state index contributed by atoms with van der Waals surface area (Å²) in [6.07, 6.45) is 6.76. The van der Waals surface area contributed by atoms with Gasteiger partial charge in [0.05, 0.1) is 35.7 Å². The normalized spacial score (nSPS) is 21.2. The van der Waals surface area contributed by atoms with Crippen LogP contribution in [0.4, 0.5) is 11.4 Å². The summed E-state index contributed by atoms with van der Waals surface area (Å²) in [5.74, 6) is 1.38. The minimum absolute atomic E-state index is 0.340. The van der Waals surface area contributed by atoms with E-state index in [1.807, 2.05) is 24.5 Å². The van der Waals surface area contributed by atoms with Crippen molar-refractivity contribution >= 4 is 22.3 Å². The Morgan fingerprint density at radius 3 is 2.70 bits per heavy atom. The van der Waals surface area contributed by atoms with Crippen LogP contribution in [-0.4, -0.2) is 60.3 Å². The predicted molar refractivity (Wildman–Crippen MR) is 130 cm³/mol. The number of rotatable bonds is 5. The highest BCUT2D eigenvalue weighted by Crippen LogP contribution is 2.31. The van der Waals surface area contributed by atoms with Crippen molar-refractivity contribution in [1.29, 1.82) is 5.26 Å². The van der Waals surface area contributed by atoms with Crippen molar-refractivity contribution in [1.82, 2.24) is 25.6 Å². The van der Waals surface area contributed by atoms with E-state index in [2.05, 4.69) is 60.5 Å². The van der Waals surface area contributed by atoms with Gasteiger partial charge in [-0.25, -0.2) is 9.97 Å². The maximum atomic E-state index is 9.46. The molecular formula is C25H30N8. The zero-order valence-electron chi connectivity index (χ0n) is 19.0. The van der Waals surface area contributed by atoms with E-state index >= 15 is 0 Å². The summed E-state index contributed by atoms with van der Waals surface area (Å²) in [6.45, 7) is 8.84. The van der Waals surface area contributed by atoms with Crippen LogP contribution >= 0.6 is 0 Å². The van der Waals surface area contributed by atoms with E-state index in [-0.39, 0.29) is 0 Å². The maximum Gasteiger partial charge on any atom is 0.142 e. The smallest absolute Gasteiger partial charge is 0.142 e. The van der Waals surface area contributed by atoms with Crippen molar-refractivity contribution in [3.8, 4) is 6.07 Å². The van der Waals surface area contributed by atoms with Gasteiger partial charge in [-0.05, 0) is 36.6 Å². The Bertz CT molecular complexity index is 1130. The van der Waals surface area contributed by atoms with E-state index in [9.17, 15) is 5.26 Å². The number of nitrogens with one attached hydrogen (secondary N) is 2. The molecule has 8 heteroatoms. The van der Waals surface area contributed by atoms with Crippen LogP contribution in [0.3, 0.4) is 0 Å². The maximum absolute atomic E-state index is 9.46. The SMILES string of the molecule is CC1CC(NCc2ncc(N3CCNCC3)cn2)CN(c2ccc(C#N)c3ncccc23)C1. The number of pyridine rings is 1. The summed E-state index contributed by atoms with van der Waals surface area (Å²) in [5.41, 5.74) is 3.64. The van der Waals surface area contributed by atoms with Gasteiger partial charge < -0.3 is 20.4 Å². The first-order valence-corrected chi connectivity index (χ1v) is 11.7. The number of hydrogen-bond acceptors (Lipinski definition) is 8. The Labute approximate surface area is 194 Å². The van der Waals surface area contributed by atoms with Gasteiger partial charge in [-0.3, -0.25) is 4.98 Å². The van der Waals surface area contributed by atoms with Gasteiger partial charge in [0.1, 0.15) is 11.9 Å². The number of aromatic nitrogens is 3. The second kappa shape index (κ2) is 9.69. The summed E-state index contributed by atoms with van der Waals surface area (Å²) >= 11 is 0. The van der Waals surface area contributed by atoms with Gasteiger partial charge in [-0.15, -0.1) is 0 Å². The van der Waals surface area contributed by atoms with E-state index in [0.29, 0.717) is 24.1 Å². The zero-order chi connectivity index (χ0) is 22.6. The molecule has 0 amide bonds. The van der Waals surface area contributed by atoms with Gasteiger partial charge >= 0.3 is 0 Å². The molecule has 0 saturated carbocycles. The number of nitrogens with zero attached hydrogens (tertiary/aromatic N) is 6. The summed E-state index contributed by atoms with van der Waals surface area (Å²) < 4.78 is 0. The second-order valence-electron chi connectivity index (χ2n) is 9.06. The molecule has 2 N–H and O–H groups in total. The lowest BCUT2D eigenvalue weighted by Crippen LogP contribution is -2.48. The molecule has 5 rings (SSSR count). The van der Waals surface area contributed by atoms with Crippen LogP contribution in [0.5, 0.6) is 0 Å². The lowest BCUT2D eigenvalue weighted by atomic mass is 9.94. The Morgan fingerprint density at radius 1 is 1.09 bits per heavy atom. The molecule has 2 unspecified atom stereocenters. The third kappa shape index (κ3) is 4.75. The van der Waals surface area contributed by atoms with Crippen LogP contribution in [0.2, 0.25) is 0 Å². The molecule has 2 saturated heterocycles. The number of piperidine rings is 1. The fourth-order valence-electron chi connectivity index (χ4n) is 4.98. The molecular weight excluding hydrogens is 412 g/mol. The summed E-state index contributed by atoms with van der Waals surface area (Å²) in [4.78, 5) is 18.4. The lowest BCUT2D eigenvalue weighted by molar-refractivity contribution is 0.348. The van der Waals surface area contributed by atoms with Gasteiger partial charge in [0, 0.05) is 62.6 Å². The first-order chi connectivity index (χ1) is 16.2. The molecule has 0 bridgehead atoms. The van der Waals surface area contributed by atoms with Crippen molar-refractivity contribution in [3.63, 3.8) is 0 Å². The number of hydrogen-bond donors (Lipinski definition) is 2. The molecule has 3 aromatic rings. The van der Waals surface area contributed by atoms with Gasteiger partial charge in [0.25, 0.3) is 0 Å². The van der Waals surface area contributed by atoms with Crippen LogP contribution in [0.25, 0.3) is 10.9 Å². The molecule has 170 valence electrons. The van der Waals surface area contributed by atoms with Gasteiger partial charge in [0.2, 0.25) is 0 Å². The molecule has 4 heterocycles.